The van der Waals surface area contributed by atoms with Gasteiger partial charge in [0.25, 0.3) is 5.91 Å². The third kappa shape index (κ3) is 5.23. The lowest BCUT2D eigenvalue weighted by molar-refractivity contribution is -0.123. The summed E-state index contributed by atoms with van der Waals surface area (Å²) >= 11 is 6.14. The Bertz CT molecular complexity index is 1020. The number of alkyl halides is 2. The van der Waals surface area contributed by atoms with E-state index in [0.717, 1.165) is 5.39 Å². The fourth-order valence-electron chi connectivity index (χ4n) is 2.64. The van der Waals surface area contributed by atoms with Crippen LogP contribution in [0.2, 0.25) is 5.02 Å². The van der Waals surface area contributed by atoms with E-state index in [1.54, 1.807) is 30.5 Å². The van der Waals surface area contributed by atoms with E-state index in [9.17, 15) is 13.6 Å². The minimum Gasteiger partial charge on any atom is -0.493 e. The number of benzene rings is 2. The van der Waals surface area contributed by atoms with Crippen molar-refractivity contribution in [1.29, 1.82) is 0 Å². The number of nitrogens with zero attached hydrogens (tertiary/aromatic N) is 1. The van der Waals surface area contributed by atoms with Crippen molar-refractivity contribution in [2.75, 3.05) is 13.7 Å². The summed E-state index contributed by atoms with van der Waals surface area (Å²) in [6.07, 6.45) is 1.61. The van der Waals surface area contributed by atoms with Crippen LogP contribution in [0.4, 0.5) is 8.78 Å². The van der Waals surface area contributed by atoms with Crippen LogP contribution in [-0.4, -0.2) is 31.2 Å². The summed E-state index contributed by atoms with van der Waals surface area (Å²) in [5.41, 5.74) is 1.21. The van der Waals surface area contributed by atoms with Gasteiger partial charge in [0.2, 0.25) is 0 Å². The van der Waals surface area contributed by atoms with Gasteiger partial charge in [-0.3, -0.25) is 9.78 Å². The van der Waals surface area contributed by atoms with Gasteiger partial charge >= 0.3 is 6.61 Å². The molecular weight excluding hydrogens is 406 g/mol. The number of hydrogen-bond acceptors (Lipinski definition) is 5. The summed E-state index contributed by atoms with van der Waals surface area (Å²) in [6, 6.07) is 11.3. The fraction of sp³-hybridized carbons (Fsp3) is 0.200. The fourth-order valence-corrected chi connectivity index (χ4v) is 2.85. The van der Waals surface area contributed by atoms with E-state index >= 15 is 0 Å². The van der Waals surface area contributed by atoms with Crippen molar-refractivity contribution in [2.45, 2.75) is 13.2 Å². The van der Waals surface area contributed by atoms with Crippen molar-refractivity contribution in [3.8, 4) is 17.2 Å². The molecule has 0 aliphatic heterocycles. The monoisotopic (exact) mass is 422 g/mol. The highest BCUT2D eigenvalue weighted by atomic mass is 35.5. The van der Waals surface area contributed by atoms with Gasteiger partial charge < -0.3 is 19.5 Å². The molecule has 152 valence electrons. The first kappa shape index (κ1) is 20.6. The van der Waals surface area contributed by atoms with Crippen LogP contribution in [0, 0.1) is 0 Å². The lowest BCUT2D eigenvalue weighted by atomic mass is 10.2. The molecule has 0 aliphatic carbocycles. The number of halogens is 3. The van der Waals surface area contributed by atoms with Gasteiger partial charge in [-0.05, 0) is 42.0 Å². The molecule has 0 saturated carbocycles. The third-order valence-corrected chi connectivity index (χ3v) is 4.30. The van der Waals surface area contributed by atoms with Crippen LogP contribution in [0.25, 0.3) is 10.9 Å². The number of carbonyl (C=O) groups is 1. The molecule has 1 amide bonds. The summed E-state index contributed by atoms with van der Waals surface area (Å²) < 4.78 is 39.7. The van der Waals surface area contributed by atoms with Crippen LogP contribution in [0.1, 0.15) is 5.56 Å². The van der Waals surface area contributed by atoms with Crippen LogP contribution in [0.3, 0.4) is 0 Å². The maximum absolute atomic E-state index is 12.4. The van der Waals surface area contributed by atoms with Crippen molar-refractivity contribution >= 4 is 28.4 Å². The Morgan fingerprint density at radius 2 is 1.97 bits per heavy atom. The van der Waals surface area contributed by atoms with Crippen molar-refractivity contribution in [1.82, 2.24) is 10.3 Å². The summed E-state index contributed by atoms with van der Waals surface area (Å²) in [6.45, 7) is -3.02. The SMILES string of the molecule is COc1cc(CNC(=O)COc2ccc(Cl)c3cccnc23)ccc1OC(F)F. The number of nitrogens with one attached hydrogen (secondary N) is 1. The third-order valence-electron chi connectivity index (χ3n) is 3.97. The molecule has 9 heteroatoms. The molecule has 1 aromatic heterocycles. The lowest BCUT2D eigenvalue weighted by Gasteiger charge is -2.12. The zero-order chi connectivity index (χ0) is 20.8. The van der Waals surface area contributed by atoms with Gasteiger partial charge in [0.1, 0.15) is 11.3 Å². The van der Waals surface area contributed by atoms with Gasteiger partial charge in [0.15, 0.2) is 18.1 Å². The maximum atomic E-state index is 12.4. The molecule has 0 bridgehead atoms. The molecule has 0 atom stereocenters. The second kappa shape index (κ2) is 9.38. The van der Waals surface area contributed by atoms with E-state index in [4.69, 9.17) is 21.1 Å². The molecule has 1 N–H and O–H groups in total. The topological polar surface area (TPSA) is 69.7 Å². The van der Waals surface area contributed by atoms with Crippen LogP contribution < -0.4 is 19.5 Å². The quantitative estimate of drug-likeness (QED) is 0.589. The highest BCUT2D eigenvalue weighted by Crippen LogP contribution is 2.30. The van der Waals surface area contributed by atoms with E-state index in [1.807, 2.05) is 6.07 Å². The molecular formula is C20H17ClF2N2O4. The molecule has 0 aliphatic rings. The minimum atomic E-state index is -2.95. The summed E-state index contributed by atoms with van der Waals surface area (Å²) in [7, 11) is 1.34. The number of carbonyl (C=O) groups excluding carboxylic acids is 1. The van der Waals surface area contributed by atoms with E-state index in [-0.39, 0.29) is 30.6 Å². The molecule has 0 spiro atoms. The van der Waals surface area contributed by atoms with E-state index in [0.29, 0.717) is 21.9 Å². The maximum Gasteiger partial charge on any atom is 0.387 e. The van der Waals surface area contributed by atoms with Crippen molar-refractivity contribution < 1.29 is 27.8 Å². The van der Waals surface area contributed by atoms with Crippen LogP contribution in [0.5, 0.6) is 17.2 Å². The molecule has 6 nitrogen and oxygen atoms in total. The molecule has 0 radical (unpaired) electrons. The average Bonchev–Trinajstić information content (AvgIpc) is 2.72. The molecule has 29 heavy (non-hydrogen) atoms. The van der Waals surface area contributed by atoms with Crippen molar-refractivity contribution in [3.05, 3.63) is 59.2 Å². The van der Waals surface area contributed by atoms with E-state index in [2.05, 4.69) is 15.0 Å². The predicted octanol–water partition coefficient (Wildman–Crippen LogP) is 4.19. The zero-order valence-corrected chi connectivity index (χ0v) is 16.1. The number of fused-ring (bicyclic) bond motifs is 1. The van der Waals surface area contributed by atoms with E-state index in [1.165, 1.54) is 19.2 Å². The first-order valence-electron chi connectivity index (χ1n) is 8.52. The van der Waals surface area contributed by atoms with Crippen molar-refractivity contribution in [2.24, 2.45) is 0 Å². The lowest BCUT2D eigenvalue weighted by Crippen LogP contribution is -2.28. The number of ether oxygens (including phenoxy) is 3. The molecule has 0 unspecified atom stereocenters. The Morgan fingerprint density at radius 1 is 1.17 bits per heavy atom. The number of rotatable bonds is 8. The smallest absolute Gasteiger partial charge is 0.387 e. The standard InChI is InChI=1S/C20H17ClF2N2O4/c1-27-17-9-12(4-6-15(17)29-20(22)23)10-25-18(26)11-28-16-7-5-14(21)13-3-2-8-24-19(13)16/h2-9,20H,10-11H2,1H3,(H,25,26). The molecule has 2 aromatic carbocycles. The Balaban J connectivity index is 1.59. The Labute approximate surface area is 170 Å². The highest BCUT2D eigenvalue weighted by Gasteiger charge is 2.12. The van der Waals surface area contributed by atoms with Gasteiger partial charge in [-0.2, -0.15) is 8.78 Å². The largest absolute Gasteiger partial charge is 0.493 e. The van der Waals surface area contributed by atoms with Gasteiger partial charge in [0, 0.05) is 18.1 Å². The molecule has 3 rings (SSSR count). The second-order valence-electron chi connectivity index (χ2n) is 5.87. The van der Waals surface area contributed by atoms with Crippen LogP contribution in [0.15, 0.2) is 48.7 Å². The van der Waals surface area contributed by atoms with Crippen LogP contribution in [-0.2, 0) is 11.3 Å². The Hall–Kier alpha value is -3.13. The van der Waals surface area contributed by atoms with Gasteiger partial charge in [-0.25, -0.2) is 0 Å². The number of aromatic nitrogens is 1. The molecule has 3 aromatic rings. The Kier molecular flexibility index (Phi) is 6.66. The van der Waals surface area contributed by atoms with Crippen LogP contribution >= 0.6 is 11.6 Å². The van der Waals surface area contributed by atoms with E-state index < -0.39 is 6.61 Å². The van der Waals surface area contributed by atoms with Gasteiger partial charge in [-0.1, -0.05) is 17.7 Å². The summed E-state index contributed by atoms with van der Waals surface area (Å²) in [5.74, 6) is 0.140. The summed E-state index contributed by atoms with van der Waals surface area (Å²) in [5, 5.41) is 3.95. The first-order chi connectivity index (χ1) is 14.0. The molecule has 1 heterocycles. The number of pyridine rings is 1. The van der Waals surface area contributed by atoms with Gasteiger partial charge in [-0.15, -0.1) is 0 Å². The highest BCUT2D eigenvalue weighted by molar-refractivity contribution is 6.35. The minimum absolute atomic E-state index is 0.0805. The number of amides is 1. The average molecular weight is 423 g/mol. The Morgan fingerprint density at radius 3 is 2.72 bits per heavy atom. The van der Waals surface area contributed by atoms with Gasteiger partial charge in [0.05, 0.1) is 12.1 Å². The molecule has 0 saturated heterocycles. The predicted molar refractivity (Wildman–Crippen MR) is 104 cm³/mol. The number of methoxy groups -OCH3 is 1. The second-order valence-corrected chi connectivity index (χ2v) is 6.28. The first-order valence-corrected chi connectivity index (χ1v) is 8.90. The summed E-state index contributed by atoms with van der Waals surface area (Å²) in [4.78, 5) is 16.4. The molecule has 0 fully saturated rings. The van der Waals surface area contributed by atoms with Crippen molar-refractivity contribution in [3.63, 3.8) is 0 Å². The zero-order valence-electron chi connectivity index (χ0n) is 15.3. The number of hydrogen-bond donors (Lipinski definition) is 1. The normalized spacial score (nSPS) is 10.8.